The molecule has 3 nitrogen and oxygen atoms in total. The fourth-order valence-corrected chi connectivity index (χ4v) is 2.96. The number of hydrogen-bond acceptors (Lipinski definition) is 3. The zero-order valence-electron chi connectivity index (χ0n) is 11.4. The summed E-state index contributed by atoms with van der Waals surface area (Å²) in [6.45, 7) is 3.92. The maximum atomic E-state index is 12.0. The van der Waals surface area contributed by atoms with Crippen molar-refractivity contribution in [1.29, 1.82) is 0 Å². The van der Waals surface area contributed by atoms with E-state index in [0.717, 1.165) is 19.0 Å². The van der Waals surface area contributed by atoms with Gasteiger partial charge in [-0.05, 0) is 36.8 Å². The second-order valence-electron chi connectivity index (χ2n) is 5.56. The van der Waals surface area contributed by atoms with Crippen molar-refractivity contribution in [2.24, 2.45) is 5.92 Å². The Bertz CT molecular complexity index is 450. The van der Waals surface area contributed by atoms with Crippen molar-refractivity contribution >= 4 is 5.97 Å². The average molecular weight is 259 g/mol. The van der Waals surface area contributed by atoms with Gasteiger partial charge in [0, 0.05) is 19.0 Å². The van der Waals surface area contributed by atoms with Crippen molar-refractivity contribution in [1.82, 2.24) is 5.32 Å². The molecule has 2 aliphatic rings. The minimum Gasteiger partial charge on any atom is -0.466 e. The van der Waals surface area contributed by atoms with Crippen molar-refractivity contribution in [3.8, 4) is 0 Å². The summed E-state index contributed by atoms with van der Waals surface area (Å²) in [7, 11) is 0. The molecule has 1 saturated carbocycles. The van der Waals surface area contributed by atoms with Gasteiger partial charge in [-0.1, -0.05) is 24.3 Å². The smallest absolute Gasteiger partial charge is 0.310 e. The molecule has 1 aliphatic carbocycles. The summed E-state index contributed by atoms with van der Waals surface area (Å²) in [6, 6.07) is 8.84. The van der Waals surface area contributed by atoms with Gasteiger partial charge < -0.3 is 10.1 Å². The van der Waals surface area contributed by atoms with Crippen molar-refractivity contribution in [2.75, 3.05) is 19.7 Å². The quantitative estimate of drug-likeness (QED) is 0.844. The number of esters is 1. The van der Waals surface area contributed by atoms with Gasteiger partial charge in [0.05, 0.1) is 12.5 Å². The number of rotatable bonds is 4. The second-order valence-corrected chi connectivity index (χ2v) is 5.56. The van der Waals surface area contributed by atoms with Crippen molar-refractivity contribution in [3.63, 3.8) is 0 Å². The van der Waals surface area contributed by atoms with Gasteiger partial charge in [0.2, 0.25) is 0 Å². The van der Waals surface area contributed by atoms with E-state index in [1.807, 2.05) is 6.92 Å². The lowest BCUT2D eigenvalue weighted by molar-refractivity contribution is -0.147. The molecule has 1 N–H and O–H groups in total. The van der Waals surface area contributed by atoms with Gasteiger partial charge in [0.1, 0.15) is 0 Å². The number of carbonyl (C=O) groups excluding carboxylic acids is 1. The molecule has 0 bridgehead atoms. The van der Waals surface area contributed by atoms with Crippen LogP contribution in [0, 0.1) is 5.92 Å². The Morgan fingerprint density at radius 3 is 2.53 bits per heavy atom. The van der Waals surface area contributed by atoms with E-state index in [4.69, 9.17) is 4.74 Å². The first-order valence-electron chi connectivity index (χ1n) is 7.26. The summed E-state index contributed by atoms with van der Waals surface area (Å²) in [6.07, 6.45) is 2.66. The molecule has 102 valence electrons. The SMILES string of the molecule is CCOC(=O)C1CNCC1c1ccc(C2CC2)cc1. The van der Waals surface area contributed by atoms with Crippen LogP contribution in [-0.2, 0) is 9.53 Å². The molecule has 0 amide bonds. The van der Waals surface area contributed by atoms with E-state index in [9.17, 15) is 4.79 Å². The highest BCUT2D eigenvalue weighted by atomic mass is 16.5. The monoisotopic (exact) mass is 259 g/mol. The number of benzene rings is 1. The topological polar surface area (TPSA) is 38.3 Å². The molecule has 1 heterocycles. The minimum atomic E-state index is -0.0660. The van der Waals surface area contributed by atoms with Crippen molar-refractivity contribution < 1.29 is 9.53 Å². The van der Waals surface area contributed by atoms with Crippen LogP contribution in [0.15, 0.2) is 24.3 Å². The van der Waals surface area contributed by atoms with E-state index >= 15 is 0 Å². The summed E-state index contributed by atoms with van der Waals surface area (Å²) < 4.78 is 5.17. The first-order valence-corrected chi connectivity index (χ1v) is 7.26. The normalized spacial score (nSPS) is 26.4. The molecular formula is C16H21NO2. The van der Waals surface area contributed by atoms with Crippen LogP contribution in [0.4, 0.5) is 0 Å². The van der Waals surface area contributed by atoms with Crippen molar-refractivity contribution in [2.45, 2.75) is 31.6 Å². The number of hydrogen-bond donors (Lipinski definition) is 1. The van der Waals surface area contributed by atoms with Gasteiger partial charge in [0.25, 0.3) is 0 Å². The highest BCUT2D eigenvalue weighted by molar-refractivity contribution is 5.74. The summed E-state index contributed by atoms with van der Waals surface area (Å²) in [5.41, 5.74) is 2.70. The number of ether oxygens (including phenoxy) is 1. The van der Waals surface area contributed by atoms with Gasteiger partial charge >= 0.3 is 5.97 Å². The standard InChI is InChI=1S/C16H21NO2/c1-2-19-16(18)15-10-17-9-14(15)13-7-5-12(6-8-13)11-3-4-11/h5-8,11,14-15,17H,2-4,9-10H2,1H3. The fraction of sp³-hybridized carbons (Fsp3) is 0.562. The Kier molecular flexibility index (Phi) is 3.56. The maximum Gasteiger partial charge on any atom is 0.310 e. The molecule has 2 atom stereocenters. The van der Waals surface area contributed by atoms with Crippen LogP contribution in [-0.4, -0.2) is 25.7 Å². The van der Waals surface area contributed by atoms with Gasteiger partial charge in [-0.15, -0.1) is 0 Å². The van der Waals surface area contributed by atoms with Crippen LogP contribution < -0.4 is 5.32 Å². The fourth-order valence-electron chi connectivity index (χ4n) is 2.96. The van der Waals surface area contributed by atoms with Crippen LogP contribution in [0.25, 0.3) is 0 Å². The van der Waals surface area contributed by atoms with E-state index < -0.39 is 0 Å². The Labute approximate surface area is 114 Å². The summed E-state index contributed by atoms with van der Waals surface area (Å²) in [5.74, 6) is 0.944. The Hall–Kier alpha value is -1.35. The van der Waals surface area contributed by atoms with Crippen LogP contribution >= 0.6 is 0 Å². The number of carbonyl (C=O) groups is 1. The predicted octanol–water partition coefficient (Wildman–Crippen LogP) is 2.43. The molecular weight excluding hydrogens is 238 g/mol. The lowest BCUT2D eigenvalue weighted by Gasteiger charge is -2.17. The highest BCUT2D eigenvalue weighted by Crippen LogP contribution is 2.40. The lowest BCUT2D eigenvalue weighted by Crippen LogP contribution is -2.24. The molecule has 1 aliphatic heterocycles. The zero-order valence-corrected chi connectivity index (χ0v) is 11.4. The first kappa shape index (κ1) is 12.7. The molecule has 1 aromatic rings. The molecule has 0 aromatic heterocycles. The van der Waals surface area contributed by atoms with E-state index in [1.54, 1.807) is 0 Å². The van der Waals surface area contributed by atoms with E-state index in [0.29, 0.717) is 6.61 Å². The molecule has 2 unspecified atom stereocenters. The largest absolute Gasteiger partial charge is 0.466 e. The van der Waals surface area contributed by atoms with Crippen LogP contribution in [0.5, 0.6) is 0 Å². The lowest BCUT2D eigenvalue weighted by atomic mass is 9.88. The summed E-state index contributed by atoms with van der Waals surface area (Å²) in [4.78, 5) is 12.0. The van der Waals surface area contributed by atoms with Gasteiger partial charge in [-0.3, -0.25) is 4.79 Å². The van der Waals surface area contributed by atoms with Crippen LogP contribution in [0.1, 0.15) is 42.7 Å². The molecule has 2 fully saturated rings. The van der Waals surface area contributed by atoms with E-state index in [2.05, 4.69) is 29.6 Å². The molecule has 1 aromatic carbocycles. The molecule has 19 heavy (non-hydrogen) atoms. The van der Waals surface area contributed by atoms with Gasteiger partial charge in [0.15, 0.2) is 0 Å². The minimum absolute atomic E-state index is 0.0354. The Morgan fingerprint density at radius 2 is 1.89 bits per heavy atom. The van der Waals surface area contributed by atoms with E-state index in [-0.39, 0.29) is 17.8 Å². The first-order chi connectivity index (χ1) is 9.29. The maximum absolute atomic E-state index is 12.0. The summed E-state index contributed by atoms with van der Waals surface area (Å²) >= 11 is 0. The van der Waals surface area contributed by atoms with Crippen LogP contribution in [0.2, 0.25) is 0 Å². The average Bonchev–Trinajstić information content (AvgIpc) is 3.16. The highest BCUT2D eigenvalue weighted by Gasteiger charge is 2.35. The predicted molar refractivity (Wildman–Crippen MR) is 74.2 cm³/mol. The molecule has 3 rings (SSSR count). The van der Waals surface area contributed by atoms with Crippen molar-refractivity contribution in [3.05, 3.63) is 35.4 Å². The third-order valence-electron chi connectivity index (χ3n) is 4.22. The Morgan fingerprint density at radius 1 is 1.21 bits per heavy atom. The van der Waals surface area contributed by atoms with Crippen LogP contribution in [0.3, 0.4) is 0 Å². The molecule has 0 radical (unpaired) electrons. The van der Waals surface area contributed by atoms with Gasteiger partial charge in [-0.25, -0.2) is 0 Å². The van der Waals surface area contributed by atoms with E-state index in [1.165, 1.54) is 24.0 Å². The molecule has 0 spiro atoms. The molecule has 3 heteroatoms. The van der Waals surface area contributed by atoms with Gasteiger partial charge in [-0.2, -0.15) is 0 Å². The number of nitrogens with one attached hydrogen (secondary N) is 1. The summed E-state index contributed by atoms with van der Waals surface area (Å²) in [5, 5.41) is 3.31. The molecule has 1 saturated heterocycles. The third kappa shape index (κ3) is 2.66. The second kappa shape index (κ2) is 5.33. The zero-order chi connectivity index (χ0) is 13.2. The Balaban J connectivity index is 1.74. The third-order valence-corrected chi connectivity index (χ3v) is 4.22.